The maximum atomic E-state index is 12.0. The van der Waals surface area contributed by atoms with Crippen molar-refractivity contribution in [3.8, 4) is 5.75 Å². The van der Waals surface area contributed by atoms with Crippen LogP contribution in [0.4, 0.5) is 5.69 Å². The average molecular weight is 384 g/mol. The van der Waals surface area contributed by atoms with E-state index in [0.717, 1.165) is 11.3 Å². The van der Waals surface area contributed by atoms with Crippen LogP contribution in [0.15, 0.2) is 48.5 Å². The van der Waals surface area contributed by atoms with Crippen LogP contribution in [0.25, 0.3) is 0 Å². The molecule has 1 atom stereocenters. The molecule has 0 saturated carbocycles. The third-order valence-corrected chi connectivity index (χ3v) is 4.05. The number of aliphatic carboxylic acids is 1. The normalized spacial score (nSPS) is 11.4. The first-order valence-electron chi connectivity index (χ1n) is 8.99. The van der Waals surface area contributed by atoms with E-state index in [-0.39, 0.29) is 5.91 Å². The minimum Gasteiger partial charge on any atom is -0.493 e. The van der Waals surface area contributed by atoms with Crippen LogP contribution in [0, 0.1) is 6.92 Å². The molecule has 0 heterocycles. The van der Waals surface area contributed by atoms with Crippen molar-refractivity contribution in [3.05, 3.63) is 59.7 Å². The number of ether oxygens (including phenoxy) is 1. The molecule has 3 N–H and O–H groups in total. The van der Waals surface area contributed by atoms with Gasteiger partial charge in [0.05, 0.1) is 6.61 Å². The lowest BCUT2D eigenvalue weighted by molar-refractivity contribution is -0.138. The number of benzene rings is 2. The standard InChI is InChI=1S/C21H24N2O5/c1-14-6-3-4-7-18(14)28-13-5-8-19(24)23-17-11-9-16(10-12-17)20(25)22-15(2)21(26)27/h3-4,6-7,9-12,15H,5,8,13H2,1-2H3,(H,22,25)(H,23,24)(H,26,27). The summed E-state index contributed by atoms with van der Waals surface area (Å²) in [7, 11) is 0. The fraction of sp³-hybridized carbons (Fsp3) is 0.286. The van der Waals surface area contributed by atoms with Gasteiger partial charge in [0.15, 0.2) is 0 Å². The van der Waals surface area contributed by atoms with Gasteiger partial charge in [0.2, 0.25) is 5.91 Å². The molecule has 0 radical (unpaired) electrons. The maximum Gasteiger partial charge on any atom is 0.325 e. The van der Waals surface area contributed by atoms with E-state index >= 15 is 0 Å². The number of aryl methyl sites for hydroxylation is 1. The molecule has 2 aromatic carbocycles. The number of amides is 2. The molecule has 1 unspecified atom stereocenters. The van der Waals surface area contributed by atoms with Gasteiger partial charge in [0.25, 0.3) is 5.91 Å². The fourth-order valence-corrected chi connectivity index (χ4v) is 2.40. The van der Waals surface area contributed by atoms with Crippen LogP contribution in [-0.2, 0) is 9.59 Å². The second kappa shape index (κ2) is 10.1. The molecule has 2 aromatic rings. The van der Waals surface area contributed by atoms with Gasteiger partial charge >= 0.3 is 5.97 Å². The lowest BCUT2D eigenvalue weighted by Gasteiger charge is -2.10. The molecule has 0 aliphatic rings. The van der Waals surface area contributed by atoms with Crippen molar-refractivity contribution < 1.29 is 24.2 Å². The molecule has 0 aliphatic heterocycles. The highest BCUT2D eigenvalue weighted by atomic mass is 16.5. The Morgan fingerprint density at radius 3 is 2.39 bits per heavy atom. The van der Waals surface area contributed by atoms with Gasteiger partial charge in [-0.15, -0.1) is 0 Å². The Morgan fingerprint density at radius 1 is 1.07 bits per heavy atom. The lowest BCUT2D eigenvalue weighted by Crippen LogP contribution is -2.38. The highest BCUT2D eigenvalue weighted by molar-refractivity contribution is 5.97. The zero-order chi connectivity index (χ0) is 20.5. The van der Waals surface area contributed by atoms with E-state index in [1.54, 1.807) is 12.1 Å². The van der Waals surface area contributed by atoms with Crippen molar-refractivity contribution in [2.75, 3.05) is 11.9 Å². The molecule has 0 aliphatic carbocycles. The van der Waals surface area contributed by atoms with Crippen molar-refractivity contribution in [2.24, 2.45) is 0 Å². The third-order valence-electron chi connectivity index (χ3n) is 4.05. The molecular formula is C21H24N2O5. The monoisotopic (exact) mass is 384 g/mol. The van der Waals surface area contributed by atoms with Crippen LogP contribution in [0.1, 0.15) is 35.7 Å². The Balaban J connectivity index is 1.75. The Bertz CT molecular complexity index is 833. The number of anilines is 1. The number of carboxylic acid groups (broad SMARTS) is 1. The molecule has 0 saturated heterocycles. The lowest BCUT2D eigenvalue weighted by atomic mass is 10.1. The molecule has 0 spiro atoms. The number of para-hydroxylation sites is 1. The molecule has 2 amide bonds. The number of carbonyl (C=O) groups excluding carboxylic acids is 2. The van der Waals surface area contributed by atoms with Crippen LogP contribution >= 0.6 is 0 Å². The molecule has 0 bridgehead atoms. The summed E-state index contributed by atoms with van der Waals surface area (Å²) >= 11 is 0. The van der Waals surface area contributed by atoms with Gasteiger partial charge in [-0.3, -0.25) is 14.4 Å². The summed E-state index contributed by atoms with van der Waals surface area (Å²) < 4.78 is 5.66. The maximum absolute atomic E-state index is 12.0. The van der Waals surface area contributed by atoms with Gasteiger partial charge in [-0.2, -0.15) is 0 Å². The molecule has 0 fully saturated rings. The summed E-state index contributed by atoms with van der Waals surface area (Å²) in [4.78, 5) is 34.7. The summed E-state index contributed by atoms with van der Waals surface area (Å²) in [6, 6.07) is 13.0. The van der Waals surface area contributed by atoms with E-state index in [2.05, 4.69) is 10.6 Å². The average Bonchev–Trinajstić information content (AvgIpc) is 2.67. The SMILES string of the molecule is Cc1ccccc1OCCCC(=O)Nc1ccc(C(=O)NC(C)C(=O)O)cc1. The van der Waals surface area contributed by atoms with Crippen LogP contribution in [0.5, 0.6) is 5.75 Å². The minimum atomic E-state index is -1.11. The van der Waals surface area contributed by atoms with E-state index in [9.17, 15) is 14.4 Å². The summed E-state index contributed by atoms with van der Waals surface area (Å²) in [6.07, 6.45) is 0.887. The summed E-state index contributed by atoms with van der Waals surface area (Å²) in [5.74, 6) is -0.927. The van der Waals surface area contributed by atoms with Gasteiger partial charge < -0.3 is 20.5 Å². The molecule has 7 nitrogen and oxygen atoms in total. The van der Waals surface area contributed by atoms with E-state index in [1.165, 1.54) is 19.1 Å². The van der Waals surface area contributed by atoms with Crippen molar-refractivity contribution in [2.45, 2.75) is 32.7 Å². The Morgan fingerprint density at radius 2 is 1.75 bits per heavy atom. The second-order valence-corrected chi connectivity index (χ2v) is 6.38. The van der Waals surface area contributed by atoms with Gasteiger partial charge in [-0.05, 0) is 56.2 Å². The largest absolute Gasteiger partial charge is 0.493 e. The van der Waals surface area contributed by atoms with Crippen molar-refractivity contribution in [1.82, 2.24) is 5.32 Å². The minimum absolute atomic E-state index is 0.148. The summed E-state index contributed by atoms with van der Waals surface area (Å²) in [5, 5.41) is 13.9. The highest BCUT2D eigenvalue weighted by Crippen LogP contribution is 2.16. The first kappa shape index (κ1) is 21.0. The van der Waals surface area contributed by atoms with E-state index in [1.807, 2.05) is 31.2 Å². The fourth-order valence-electron chi connectivity index (χ4n) is 2.40. The zero-order valence-corrected chi connectivity index (χ0v) is 15.9. The predicted octanol–water partition coefficient (Wildman–Crippen LogP) is 3.00. The number of carboxylic acids is 1. The van der Waals surface area contributed by atoms with Gasteiger partial charge in [0, 0.05) is 17.7 Å². The van der Waals surface area contributed by atoms with Gasteiger partial charge in [0.1, 0.15) is 11.8 Å². The number of nitrogens with one attached hydrogen (secondary N) is 2. The predicted molar refractivity (Wildman–Crippen MR) is 106 cm³/mol. The topological polar surface area (TPSA) is 105 Å². The third kappa shape index (κ3) is 6.42. The van der Waals surface area contributed by atoms with Crippen LogP contribution in [-0.4, -0.2) is 35.5 Å². The summed E-state index contributed by atoms with van der Waals surface area (Å²) in [6.45, 7) is 3.80. The number of hydrogen-bond donors (Lipinski definition) is 3. The second-order valence-electron chi connectivity index (χ2n) is 6.38. The smallest absolute Gasteiger partial charge is 0.325 e. The number of rotatable bonds is 9. The molecule has 28 heavy (non-hydrogen) atoms. The highest BCUT2D eigenvalue weighted by Gasteiger charge is 2.15. The van der Waals surface area contributed by atoms with Crippen LogP contribution in [0.2, 0.25) is 0 Å². The molecule has 0 aromatic heterocycles. The first-order chi connectivity index (χ1) is 13.4. The Labute approximate surface area is 163 Å². The number of carbonyl (C=O) groups is 3. The quantitative estimate of drug-likeness (QED) is 0.577. The number of hydrogen-bond acceptors (Lipinski definition) is 4. The van der Waals surface area contributed by atoms with Gasteiger partial charge in [-0.1, -0.05) is 18.2 Å². The van der Waals surface area contributed by atoms with Crippen molar-refractivity contribution in [3.63, 3.8) is 0 Å². The molecular weight excluding hydrogens is 360 g/mol. The van der Waals surface area contributed by atoms with Crippen LogP contribution < -0.4 is 15.4 Å². The van der Waals surface area contributed by atoms with E-state index < -0.39 is 17.9 Å². The van der Waals surface area contributed by atoms with Crippen molar-refractivity contribution in [1.29, 1.82) is 0 Å². The Hall–Kier alpha value is -3.35. The molecule has 7 heteroatoms. The van der Waals surface area contributed by atoms with Crippen molar-refractivity contribution >= 4 is 23.5 Å². The Kier molecular flexibility index (Phi) is 7.56. The van der Waals surface area contributed by atoms with Crippen LogP contribution in [0.3, 0.4) is 0 Å². The zero-order valence-electron chi connectivity index (χ0n) is 15.9. The van der Waals surface area contributed by atoms with E-state index in [0.29, 0.717) is 30.7 Å². The molecule has 148 valence electrons. The summed E-state index contributed by atoms with van der Waals surface area (Å²) in [5.41, 5.74) is 1.93. The molecule has 2 rings (SSSR count). The first-order valence-corrected chi connectivity index (χ1v) is 8.99. The van der Waals surface area contributed by atoms with Gasteiger partial charge in [-0.25, -0.2) is 0 Å². The van der Waals surface area contributed by atoms with E-state index in [4.69, 9.17) is 9.84 Å².